The standard InChI is InChI=1S/C12H19ClN2S/c1-8-5-9(8)7-15(2)10(6-14)11-3-4-12(13)16-11/h3-4,8-10H,5-7,14H2,1-2H3. The van der Waals surface area contributed by atoms with E-state index in [1.54, 1.807) is 11.3 Å². The van der Waals surface area contributed by atoms with Gasteiger partial charge in [-0.05, 0) is 37.4 Å². The molecule has 0 aromatic carbocycles. The second-order valence-corrected chi connectivity index (χ2v) is 6.55. The monoisotopic (exact) mass is 258 g/mol. The summed E-state index contributed by atoms with van der Waals surface area (Å²) in [4.78, 5) is 3.65. The Morgan fingerprint density at radius 1 is 1.62 bits per heavy atom. The van der Waals surface area contributed by atoms with Gasteiger partial charge in [0, 0.05) is 18.0 Å². The van der Waals surface area contributed by atoms with Crippen LogP contribution in [-0.4, -0.2) is 25.0 Å². The van der Waals surface area contributed by atoms with E-state index in [2.05, 4.69) is 24.9 Å². The molecule has 90 valence electrons. The molecule has 1 saturated carbocycles. The average Bonchev–Trinajstić information content (AvgIpc) is 2.74. The smallest absolute Gasteiger partial charge is 0.0931 e. The maximum absolute atomic E-state index is 5.97. The fourth-order valence-electron chi connectivity index (χ4n) is 2.17. The predicted molar refractivity (Wildman–Crippen MR) is 71.0 cm³/mol. The zero-order valence-corrected chi connectivity index (χ0v) is 11.4. The summed E-state index contributed by atoms with van der Waals surface area (Å²) >= 11 is 7.61. The largest absolute Gasteiger partial charge is 0.329 e. The van der Waals surface area contributed by atoms with Crippen molar-refractivity contribution in [1.29, 1.82) is 0 Å². The molecule has 2 nitrogen and oxygen atoms in total. The maximum atomic E-state index is 5.97. The van der Waals surface area contributed by atoms with E-state index < -0.39 is 0 Å². The van der Waals surface area contributed by atoms with Crippen LogP contribution in [-0.2, 0) is 0 Å². The second kappa shape index (κ2) is 5.05. The SMILES string of the molecule is CC1CC1CN(C)C(CN)c1ccc(Cl)s1. The van der Waals surface area contributed by atoms with Gasteiger partial charge in [-0.3, -0.25) is 4.90 Å². The summed E-state index contributed by atoms with van der Waals surface area (Å²) in [5.41, 5.74) is 5.87. The Balaban J connectivity index is 1.98. The summed E-state index contributed by atoms with van der Waals surface area (Å²) in [5.74, 6) is 1.77. The van der Waals surface area contributed by atoms with Gasteiger partial charge in [0.2, 0.25) is 0 Å². The molecule has 0 radical (unpaired) electrons. The summed E-state index contributed by atoms with van der Waals surface area (Å²) < 4.78 is 0.849. The van der Waals surface area contributed by atoms with Crippen molar-refractivity contribution in [2.24, 2.45) is 17.6 Å². The highest BCUT2D eigenvalue weighted by Gasteiger charge is 2.34. The Morgan fingerprint density at radius 3 is 2.75 bits per heavy atom. The van der Waals surface area contributed by atoms with E-state index in [-0.39, 0.29) is 0 Å². The van der Waals surface area contributed by atoms with Crippen molar-refractivity contribution in [2.75, 3.05) is 20.1 Å². The first-order chi connectivity index (χ1) is 7.61. The molecule has 1 aromatic rings. The summed E-state index contributed by atoms with van der Waals surface area (Å²) in [7, 11) is 2.16. The van der Waals surface area contributed by atoms with Gasteiger partial charge in [0.25, 0.3) is 0 Å². The molecule has 16 heavy (non-hydrogen) atoms. The van der Waals surface area contributed by atoms with Gasteiger partial charge in [-0.2, -0.15) is 0 Å². The molecule has 3 unspecified atom stereocenters. The minimum atomic E-state index is 0.324. The van der Waals surface area contributed by atoms with Crippen molar-refractivity contribution >= 4 is 22.9 Å². The van der Waals surface area contributed by atoms with Crippen LogP contribution >= 0.6 is 22.9 Å². The molecule has 4 heteroatoms. The highest BCUT2D eigenvalue weighted by molar-refractivity contribution is 7.16. The Labute approximate surface area is 106 Å². The Bertz CT molecular complexity index is 353. The third-order valence-corrected chi connectivity index (χ3v) is 4.81. The molecule has 1 aliphatic carbocycles. The molecule has 1 aromatic heterocycles. The van der Waals surface area contributed by atoms with Crippen molar-refractivity contribution in [3.05, 3.63) is 21.3 Å². The molecule has 0 bridgehead atoms. The van der Waals surface area contributed by atoms with Crippen LogP contribution in [0, 0.1) is 11.8 Å². The fourth-order valence-corrected chi connectivity index (χ4v) is 3.41. The Hall–Kier alpha value is -0.0900. The summed E-state index contributed by atoms with van der Waals surface area (Å²) in [6.07, 6.45) is 1.37. The molecule has 2 rings (SSSR count). The molecule has 0 saturated heterocycles. The first-order valence-corrected chi connectivity index (χ1v) is 6.96. The van der Waals surface area contributed by atoms with E-state index in [0.717, 1.165) is 22.7 Å². The third-order valence-electron chi connectivity index (χ3n) is 3.48. The number of thiophene rings is 1. The zero-order valence-electron chi connectivity index (χ0n) is 9.82. The number of likely N-dealkylation sites (N-methyl/N-ethyl adjacent to an activating group) is 1. The van der Waals surface area contributed by atoms with Crippen molar-refractivity contribution in [1.82, 2.24) is 4.90 Å². The van der Waals surface area contributed by atoms with Crippen LogP contribution in [0.4, 0.5) is 0 Å². The van der Waals surface area contributed by atoms with Gasteiger partial charge in [-0.15, -0.1) is 11.3 Å². The van der Waals surface area contributed by atoms with Crippen molar-refractivity contribution in [3.63, 3.8) is 0 Å². The quantitative estimate of drug-likeness (QED) is 0.880. The van der Waals surface area contributed by atoms with Gasteiger partial charge in [-0.1, -0.05) is 18.5 Å². The van der Waals surface area contributed by atoms with E-state index in [4.69, 9.17) is 17.3 Å². The molecule has 3 atom stereocenters. The molecule has 1 heterocycles. The van der Waals surface area contributed by atoms with E-state index in [0.29, 0.717) is 12.6 Å². The molecular formula is C12H19ClN2S. The fraction of sp³-hybridized carbons (Fsp3) is 0.667. The van der Waals surface area contributed by atoms with Gasteiger partial charge in [-0.25, -0.2) is 0 Å². The summed E-state index contributed by atoms with van der Waals surface area (Å²) in [5, 5.41) is 0. The van der Waals surface area contributed by atoms with Gasteiger partial charge in [0.1, 0.15) is 0 Å². The Kier molecular flexibility index (Phi) is 3.90. The van der Waals surface area contributed by atoms with E-state index in [9.17, 15) is 0 Å². The molecule has 1 aliphatic rings. The van der Waals surface area contributed by atoms with Crippen LogP contribution < -0.4 is 5.73 Å². The van der Waals surface area contributed by atoms with E-state index in [1.165, 1.54) is 11.3 Å². The normalized spacial score (nSPS) is 26.1. The average molecular weight is 259 g/mol. The van der Waals surface area contributed by atoms with Crippen LogP contribution in [0.15, 0.2) is 12.1 Å². The van der Waals surface area contributed by atoms with Crippen LogP contribution in [0.25, 0.3) is 0 Å². The number of halogens is 1. The second-order valence-electron chi connectivity index (χ2n) is 4.81. The lowest BCUT2D eigenvalue weighted by Crippen LogP contribution is -2.31. The number of hydrogen-bond acceptors (Lipinski definition) is 3. The van der Waals surface area contributed by atoms with Crippen LogP contribution in [0.1, 0.15) is 24.3 Å². The van der Waals surface area contributed by atoms with Crippen LogP contribution in [0.2, 0.25) is 4.34 Å². The molecule has 0 aliphatic heterocycles. The summed E-state index contributed by atoms with van der Waals surface area (Å²) in [6, 6.07) is 4.38. The van der Waals surface area contributed by atoms with Gasteiger partial charge in [0.15, 0.2) is 0 Å². The predicted octanol–water partition coefficient (Wildman–Crippen LogP) is 2.99. The highest BCUT2D eigenvalue weighted by Crippen LogP contribution is 2.39. The first kappa shape index (κ1) is 12.4. The molecular weight excluding hydrogens is 240 g/mol. The van der Waals surface area contributed by atoms with E-state index >= 15 is 0 Å². The van der Waals surface area contributed by atoms with Gasteiger partial charge in [0.05, 0.1) is 10.4 Å². The zero-order chi connectivity index (χ0) is 11.7. The van der Waals surface area contributed by atoms with Crippen molar-refractivity contribution in [3.8, 4) is 0 Å². The van der Waals surface area contributed by atoms with Crippen LogP contribution in [0.5, 0.6) is 0 Å². The molecule has 1 fully saturated rings. The molecule has 2 N–H and O–H groups in total. The number of rotatable bonds is 5. The van der Waals surface area contributed by atoms with Crippen molar-refractivity contribution in [2.45, 2.75) is 19.4 Å². The van der Waals surface area contributed by atoms with Crippen LogP contribution in [0.3, 0.4) is 0 Å². The van der Waals surface area contributed by atoms with Crippen molar-refractivity contribution < 1.29 is 0 Å². The number of nitrogens with zero attached hydrogens (tertiary/aromatic N) is 1. The van der Waals surface area contributed by atoms with Gasteiger partial charge >= 0.3 is 0 Å². The minimum absolute atomic E-state index is 0.324. The lowest BCUT2D eigenvalue weighted by atomic mass is 10.2. The maximum Gasteiger partial charge on any atom is 0.0931 e. The third kappa shape index (κ3) is 2.77. The lowest BCUT2D eigenvalue weighted by molar-refractivity contribution is 0.240. The minimum Gasteiger partial charge on any atom is -0.329 e. The topological polar surface area (TPSA) is 29.3 Å². The Morgan fingerprint density at radius 2 is 2.31 bits per heavy atom. The molecule has 0 amide bonds. The molecule has 0 spiro atoms. The number of nitrogens with two attached hydrogens (primary N) is 1. The highest BCUT2D eigenvalue weighted by atomic mass is 35.5. The summed E-state index contributed by atoms with van der Waals surface area (Å²) in [6.45, 7) is 4.13. The number of hydrogen-bond donors (Lipinski definition) is 1. The lowest BCUT2D eigenvalue weighted by Gasteiger charge is -2.26. The first-order valence-electron chi connectivity index (χ1n) is 5.77. The van der Waals surface area contributed by atoms with Gasteiger partial charge < -0.3 is 5.73 Å². The van der Waals surface area contributed by atoms with E-state index in [1.807, 2.05) is 6.07 Å².